The Labute approximate surface area is 188 Å². The van der Waals surface area contributed by atoms with Crippen LogP contribution in [0.4, 0.5) is 5.69 Å². The van der Waals surface area contributed by atoms with Crippen LogP contribution in [0, 0.1) is 5.41 Å². The molecular formula is C23H29N3O3S2. The molecule has 0 radical (unpaired) electrons. The number of thiazole rings is 1. The second-order valence-electron chi connectivity index (χ2n) is 8.81. The average molecular weight is 460 g/mol. The third kappa shape index (κ3) is 8.06. The molecule has 0 unspecified atom stereocenters. The van der Waals surface area contributed by atoms with Crippen molar-refractivity contribution in [1.82, 2.24) is 10.3 Å². The quantitative estimate of drug-likeness (QED) is 0.397. The minimum atomic E-state index is -4.27. The van der Waals surface area contributed by atoms with Crippen molar-refractivity contribution in [2.24, 2.45) is 5.41 Å². The highest BCUT2D eigenvalue weighted by Gasteiger charge is 2.20. The van der Waals surface area contributed by atoms with Gasteiger partial charge in [-0.15, -0.1) is 11.3 Å². The topological polar surface area (TPSA) is 91.3 Å². The van der Waals surface area contributed by atoms with Crippen LogP contribution in [-0.2, 0) is 23.1 Å². The highest BCUT2D eigenvalue weighted by Crippen LogP contribution is 2.26. The Morgan fingerprint density at radius 2 is 1.71 bits per heavy atom. The Bertz CT molecular complexity index is 1070. The molecule has 0 spiro atoms. The van der Waals surface area contributed by atoms with Crippen molar-refractivity contribution in [2.45, 2.75) is 39.7 Å². The fourth-order valence-corrected chi connectivity index (χ4v) is 4.47. The predicted molar refractivity (Wildman–Crippen MR) is 127 cm³/mol. The first-order chi connectivity index (χ1) is 14.6. The Morgan fingerprint density at radius 3 is 2.32 bits per heavy atom. The number of rotatable bonds is 9. The second-order valence-corrected chi connectivity index (χ2v) is 10.9. The SMILES string of the molecule is CC(C)(C)CN[C@@H](Cc1ccc(NS(=O)(=O)O)cc1)c1nc(Cc2ccccc2)cs1. The molecule has 0 aliphatic carbocycles. The van der Waals surface area contributed by atoms with Gasteiger partial charge in [0.15, 0.2) is 0 Å². The lowest BCUT2D eigenvalue weighted by Gasteiger charge is -2.24. The zero-order valence-electron chi connectivity index (χ0n) is 18.0. The molecular weight excluding hydrogens is 430 g/mol. The lowest BCUT2D eigenvalue weighted by Crippen LogP contribution is -2.31. The highest BCUT2D eigenvalue weighted by atomic mass is 32.2. The minimum absolute atomic E-state index is 0.0501. The van der Waals surface area contributed by atoms with E-state index in [0.29, 0.717) is 5.69 Å². The van der Waals surface area contributed by atoms with Crippen molar-refractivity contribution in [1.29, 1.82) is 0 Å². The number of hydrogen-bond donors (Lipinski definition) is 3. The van der Waals surface area contributed by atoms with Crippen LogP contribution in [0.15, 0.2) is 60.0 Å². The Balaban J connectivity index is 1.75. The fraction of sp³-hybridized carbons (Fsp3) is 0.348. The molecule has 0 aliphatic rings. The van der Waals surface area contributed by atoms with Gasteiger partial charge in [0.2, 0.25) is 0 Å². The summed E-state index contributed by atoms with van der Waals surface area (Å²) in [6, 6.07) is 17.4. The molecule has 0 saturated carbocycles. The van der Waals surface area contributed by atoms with Gasteiger partial charge in [-0.25, -0.2) is 4.98 Å². The van der Waals surface area contributed by atoms with E-state index in [9.17, 15) is 8.42 Å². The molecule has 0 aliphatic heterocycles. The molecule has 166 valence electrons. The minimum Gasteiger partial charge on any atom is -0.307 e. The zero-order chi connectivity index (χ0) is 22.5. The van der Waals surface area contributed by atoms with Crippen molar-refractivity contribution in [3.8, 4) is 0 Å². The number of hydrogen-bond acceptors (Lipinski definition) is 5. The van der Waals surface area contributed by atoms with Gasteiger partial charge in [0.05, 0.1) is 17.4 Å². The van der Waals surface area contributed by atoms with E-state index < -0.39 is 10.3 Å². The monoisotopic (exact) mass is 459 g/mol. The van der Waals surface area contributed by atoms with Gasteiger partial charge in [0.1, 0.15) is 5.01 Å². The summed E-state index contributed by atoms with van der Waals surface area (Å²) in [4.78, 5) is 4.90. The molecule has 1 atom stereocenters. The standard InChI is InChI=1S/C23H29N3O3S2/c1-23(2,3)16-24-21(14-18-9-11-19(12-10-18)26-31(27,28)29)22-25-20(15-30-22)13-17-7-5-4-6-8-17/h4-12,15,21,24,26H,13-14,16H2,1-3H3,(H,27,28,29)/t21-/m0/s1. The molecule has 3 N–H and O–H groups in total. The first-order valence-electron chi connectivity index (χ1n) is 10.1. The van der Waals surface area contributed by atoms with Crippen molar-refractivity contribution < 1.29 is 13.0 Å². The van der Waals surface area contributed by atoms with Gasteiger partial charge in [-0.2, -0.15) is 8.42 Å². The third-order valence-electron chi connectivity index (χ3n) is 4.62. The maximum absolute atomic E-state index is 11.0. The molecule has 8 heteroatoms. The second kappa shape index (κ2) is 9.91. The van der Waals surface area contributed by atoms with E-state index in [2.05, 4.69) is 48.3 Å². The molecule has 31 heavy (non-hydrogen) atoms. The summed E-state index contributed by atoms with van der Waals surface area (Å²) < 4.78 is 33.0. The van der Waals surface area contributed by atoms with E-state index in [1.54, 1.807) is 23.5 Å². The molecule has 0 fully saturated rings. The summed E-state index contributed by atoms with van der Waals surface area (Å²) in [5.74, 6) is 0. The van der Waals surface area contributed by atoms with Crippen LogP contribution < -0.4 is 10.0 Å². The molecule has 3 rings (SSSR count). The molecule has 2 aromatic carbocycles. The number of aromatic nitrogens is 1. The zero-order valence-corrected chi connectivity index (χ0v) is 19.6. The number of anilines is 1. The molecule has 3 aromatic rings. The van der Waals surface area contributed by atoms with Crippen LogP contribution in [0.2, 0.25) is 0 Å². The van der Waals surface area contributed by atoms with E-state index in [4.69, 9.17) is 9.54 Å². The Kier molecular flexibility index (Phi) is 7.48. The van der Waals surface area contributed by atoms with Crippen LogP contribution in [0.25, 0.3) is 0 Å². The van der Waals surface area contributed by atoms with Gasteiger partial charge in [-0.1, -0.05) is 63.2 Å². The molecule has 1 aromatic heterocycles. The summed E-state index contributed by atoms with van der Waals surface area (Å²) in [6.07, 6.45) is 1.53. The van der Waals surface area contributed by atoms with Gasteiger partial charge in [0, 0.05) is 18.3 Å². The predicted octanol–water partition coefficient (Wildman–Crippen LogP) is 4.87. The Morgan fingerprint density at radius 1 is 1.03 bits per heavy atom. The van der Waals surface area contributed by atoms with Crippen LogP contribution in [0.3, 0.4) is 0 Å². The first kappa shape index (κ1) is 23.4. The molecule has 0 saturated heterocycles. The van der Waals surface area contributed by atoms with Crippen molar-refractivity contribution in [2.75, 3.05) is 11.3 Å². The number of benzene rings is 2. The lowest BCUT2D eigenvalue weighted by molar-refractivity contribution is 0.351. The van der Waals surface area contributed by atoms with Gasteiger partial charge < -0.3 is 5.32 Å². The third-order valence-corrected chi connectivity index (χ3v) is 6.12. The van der Waals surface area contributed by atoms with Crippen molar-refractivity contribution >= 4 is 27.3 Å². The first-order valence-corrected chi connectivity index (χ1v) is 12.5. The van der Waals surface area contributed by atoms with E-state index in [-0.39, 0.29) is 11.5 Å². The van der Waals surface area contributed by atoms with Crippen LogP contribution >= 0.6 is 11.3 Å². The molecule has 6 nitrogen and oxygen atoms in total. The Hall–Kier alpha value is -2.26. The van der Waals surface area contributed by atoms with Crippen molar-refractivity contribution in [3.63, 3.8) is 0 Å². The summed E-state index contributed by atoms with van der Waals surface area (Å²) >= 11 is 1.66. The van der Waals surface area contributed by atoms with E-state index >= 15 is 0 Å². The summed E-state index contributed by atoms with van der Waals surface area (Å²) in [5.41, 5.74) is 3.80. The van der Waals surface area contributed by atoms with Gasteiger partial charge >= 0.3 is 10.3 Å². The van der Waals surface area contributed by atoms with Crippen molar-refractivity contribution in [3.05, 3.63) is 81.8 Å². The largest absolute Gasteiger partial charge is 0.357 e. The van der Waals surface area contributed by atoms with Crippen LogP contribution in [0.1, 0.15) is 48.6 Å². The number of nitrogens with one attached hydrogen (secondary N) is 2. The normalized spacial score (nSPS) is 13.2. The lowest BCUT2D eigenvalue weighted by atomic mass is 9.96. The maximum atomic E-state index is 11.0. The summed E-state index contributed by atoms with van der Waals surface area (Å²) in [5, 5.41) is 6.81. The van der Waals surface area contributed by atoms with Gasteiger partial charge in [-0.05, 0) is 35.1 Å². The van der Waals surface area contributed by atoms with Crippen LogP contribution in [-0.4, -0.2) is 24.5 Å². The molecule has 0 amide bonds. The van der Waals surface area contributed by atoms with E-state index in [0.717, 1.165) is 35.7 Å². The summed E-state index contributed by atoms with van der Waals surface area (Å²) in [7, 11) is -4.27. The van der Waals surface area contributed by atoms with Gasteiger partial charge in [-0.3, -0.25) is 9.27 Å². The number of nitrogens with zero attached hydrogens (tertiary/aromatic N) is 1. The fourth-order valence-electron chi connectivity index (χ4n) is 3.14. The molecule has 0 bridgehead atoms. The summed E-state index contributed by atoms with van der Waals surface area (Å²) in [6.45, 7) is 7.41. The van der Waals surface area contributed by atoms with E-state index in [1.165, 1.54) is 5.56 Å². The molecule has 1 heterocycles. The highest BCUT2D eigenvalue weighted by molar-refractivity contribution is 7.87. The van der Waals surface area contributed by atoms with Crippen LogP contribution in [0.5, 0.6) is 0 Å². The smallest absolute Gasteiger partial charge is 0.307 e. The van der Waals surface area contributed by atoms with Gasteiger partial charge in [0.25, 0.3) is 0 Å². The average Bonchev–Trinajstić information content (AvgIpc) is 3.13. The van der Waals surface area contributed by atoms with E-state index in [1.807, 2.05) is 30.3 Å². The maximum Gasteiger partial charge on any atom is 0.357 e.